The number of likely N-dealkylation sites (tertiary alicyclic amines) is 2. The van der Waals surface area contributed by atoms with Crippen molar-refractivity contribution in [1.29, 1.82) is 0 Å². The van der Waals surface area contributed by atoms with Crippen LogP contribution in [0.2, 0.25) is 0 Å². The van der Waals surface area contributed by atoms with Crippen LogP contribution in [0.1, 0.15) is 42.5 Å². The third-order valence-corrected chi connectivity index (χ3v) is 7.25. The van der Waals surface area contributed by atoms with Crippen LogP contribution in [0.3, 0.4) is 0 Å². The summed E-state index contributed by atoms with van der Waals surface area (Å²) in [6.45, 7) is 3.55. The van der Waals surface area contributed by atoms with Crippen molar-refractivity contribution in [2.75, 3.05) is 32.7 Å². The predicted molar refractivity (Wildman–Crippen MR) is 115 cm³/mol. The number of piperidine rings is 2. The molecule has 1 N–H and O–H groups in total. The molecule has 1 atom stereocenters. The van der Waals surface area contributed by atoms with Gasteiger partial charge in [0, 0.05) is 56.9 Å². The van der Waals surface area contributed by atoms with E-state index >= 15 is 0 Å². The molecule has 31 heavy (non-hydrogen) atoms. The van der Waals surface area contributed by atoms with Gasteiger partial charge in [-0.3, -0.25) is 19.5 Å². The highest BCUT2D eigenvalue weighted by molar-refractivity contribution is 6.06. The van der Waals surface area contributed by atoms with Gasteiger partial charge in [-0.1, -0.05) is 24.3 Å². The molecule has 1 unspecified atom stereocenters. The average molecular weight is 424 g/mol. The van der Waals surface area contributed by atoms with Crippen molar-refractivity contribution in [2.45, 2.75) is 44.3 Å². The highest BCUT2D eigenvalue weighted by Gasteiger charge is 2.51. The number of aliphatic hydroxyl groups excluding tert-OH is 1. The number of cyclic esters (lactones) is 1. The Labute approximate surface area is 182 Å². The molecule has 1 aromatic heterocycles. The van der Waals surface area contributed by atoms with Crippen molar-refractivity contribution in [1.82, 2.24) is 14.8 Å². The van der Waals surface area contributed by atoms with Crippen LogP contribution in [-0.2, 0) is 9.53 Å². The molecular weight excluding hydrogens is 394 g/mol. The summed E-state index contributed by atoms with van der Waals surface area (Å²) in [6.07, 6.45) is 6.70. The number of pyridine rings is 1. The van der Waals surface area contributed by atoms with Crippen LogP contribution < -0.4 is 0 Å². The van der Waals surface area contributed by atoms with Gasteiger partial charge in [-0.05, 0) is 31.1 Å². The molecular formula is C24H29N3O4. The van der Waals surface area contributed by atoms with Gasteiger partial charge in [0.2, 0.25) is 0 Å². The number of esters is 1. The lowest BCUT2D eigenvalue weighted by molar-refractivity contribution is -0.151. The molecule has 3 fully saturated rings. The van der Waals surface area contributed by atoms with Crippen LogP contribution in [-0.4, -0.2) is 76.7 Å². The van der Waals surface area contributed by atoms with Gasteiger partial charge in [0.15, 0.2) is 0 Å². The van der Waals surface area contributed by atoms with E-state index < -0.39 is 5.41 Å². The zero-order valence-corrected chi connectivity index (χ0v) is 17.7. The number of benzene rings is 1. The molecule has 0 radical (unpaired) electrons. The van der Waals surface area contributed by atoms with Crippen LogP contribution in [0.4, 0.5) is 0 Å². The molecule has 1 amide bonds. The zero-order chi connectivity index (χ0) is 21.4. The molecule has 3 aliphatic heterocycles. The van der Waals surface area contributed by atoms with E-state index in [1.165, 1.54) is 0 Å². The normalized spacial score (nSPS) is 24.6. The van der Waals surface area contributed by atoms with E-state index in [9.17, 15) is 14.7 Å². The predicted octanol–water partition coefficient (Wildman–Crippen LogP) is 2.23. The minimum absolute atomic E-state index is 0.0195. The van der Waals surface area contributed by atoms with Crippen molar-refractivity contribution >= 4 is 22.6 Å². The van der Waals surface area contributed by atoms with Crippen molar-refractivity contribution in [3.63, 3.8) is 0 Å². The maximum atomic E-state index is 13.2. The van der Waals surface area contributed by atoms with Crippen LogP contribution in [0.15, 0.2) is 36.7 Å². The number of aliphatic hydroxyl groups is 1. The van der Waals surface area contributed by atoms with E-state index in [4.69, 9.17) is 4.74 Å². The highest BCUT2D eigenvalue weighted by atomic mass is 16.6. The molecule has 0 saturated carbocycles. The lowest BCUT2D eigenvalue weighted by Gasteiger charge is -2.37. The highest BCUT2D eigenvalue weighted by Crippen LogP contribution is 2.43. The molecule has 4 heterocycles. The minimum atomic E-state index is -0.465. The number of hydrogen-bond acceptors (Lipinski definition) is 6. The number of fused-ring (bicyclic) bond motifs is 1. The summed E-state index contributed by atoms with van der Waals surface area (Å²) in [5, 5.41) is 11.6. The number of nitrogens with zero attached hydrogens (tertiary/aromatic N) is 3. The number of carbonyl (C=O) groups excluding carboxylic acids is 2. The second kappa shape index (κ2) is 8.20. The summed E-state index contributed by atoms with van der Waals surface area (Å²) in [6, 6.07) is 7.79. The molecule has 0 bridgehead atoms. The summed E-state index contributed by atoms with van der Waals surface area (Å²) in [4.78, 5) is 34.4. The SMILES string of the molecule is O=C(c1cncc2ccccc12)N1CCC2(CC1)CC(CN1CCC(O)CC1)OC2=O. The first-order valence-corrected chi connectivity index (χ1v) is 11.3. The van der Waals surface area contributed by atoms with E-state index in [-0.39, 0.29) is 24.1 Å². The molecule has 0 aliphatic carbocycles. The second-order valence-electron chi connectivity index (χ2n) is 9.24. The molecule has 3 saturated heterocycles. The molecule has 7 heteroatoms. The topological polar surface area (TPSA) is 83.0 Å². The summed E-state index contributed by atoms with van der Waals surface area (Å²) >= 11 is 0. The Bertz CT molecular complexity index is 972. The average Bonchev–Trinajstić information content (AvgIpc) is 3.09. The van der Waals surface area contributed by atoms with Gasteiger partial charge in [0.05, 0.1) is 17.1 Å². The Morgan fingerprint density at radius 2 is 1.87 bits per heavy atom. The standard InChI is InChI=1S/C24H29N3O4/c28-18-5-9-26(10-6-18)16-19-13-24(23(30)31-19)7-11-27(12-8-24)22(29)21-15-25-14-17-3-1-2-4-20(17)21/h1-4,14-15,18-19,28H,5-13,16H2. The van der Waals surface area contributed by atoms with Gasteiger partial charge >= 0.3 is 5.97 Å². The third-order valence-electron chi connectivity index (χ3n) is 7.25. The number of aromatic nitrogens is 1. The fraction of sp³-hybridized carbons (Fsp3) is 0.542. The summed E-state index contributed by atoms with van der Waals surface area (Å²) < 4.78 is 5.77. The molecule has 1 aromatic carbocycles. The summed E-state index contributed by atoms with van der Waals surface area (Å²) in [5.74, 6) is -0.123. The number of hydrogen-bond donors (Lipinski definition) is 1. The Kier molecular flexibility index (Phi) is 5.40. The molecule has 164 valence electrons. The molecule has 3 aliphatic rings. The Morgan fingerprint density at radius 1 is 1.13 bits per heavy atom. The minimum Gasteiger partial charge on any atom is -0.461 e. The zero-order valence-electron chi connectivity index (χ0n) is 17.7. The lowest BCUT2D eigenvalue weighted by Crippen LogP contribution is -2.45. The fourth-order valence-electron chi connectivity index (χ4n) is 5.33. The maximum Gasteiger partial charge on any atom is 0.312 e. The van der Waals surface area contributed by atoms with Crippen molar-refractivity contribution in [3.05, 3.63) is 42.2 Å². The molecule has 7 nitrogen and oxygen atoms in total. The van der Waals surface area contributed by atoms with Crippen LogP contribution >= 0.6 is 0 Å². The summed E-state index contributed by atoms with van der Waals surface area (Å²) in [5.41, 5.74) is 0.154. The van der Waals surface area contributed by atoms with E-state index in [0.717, 1.165) is 49.7 Å². The number of amides is 1. The van der Waals surface area contributed by atoms with Crippen molar-refractivity contribution < 1.29 is 19.4 Å². The molecule has 5 rings (SSSR count). The largest absolute Gasteiger partial charge is 0.461 e. The van der Waals surface area contributed by atoms with Crippen LogP contribution in [0.5, 0.6) is 0 Å². The van der Waals surface area contributed by atoms with Gasteiger partial charge in [-0.2, -0.15) is 0 Å². The first kappa shape index (κ1) is 20.4. The Hall–Kier alpha value is -2.51. The number of rotatable bonds is 3. The van der Waals surface area contributed by atoms with E-state index in [2.05, 4.69) is 9.88 Å². The Balaban J connectivity index is 1.22. The van der Waals surface area contributed by atoms with Crippen molar-refractivity contribution in [2.24, 2.45) is 5.41 Å². The first-order valence-electron chi connectivity index (χ1n) is 11.3. The maximum absolute atomic E-state index is 13.2. The lowest BCUT2D eigenvalue weighted by atomic mass is 9.76. The monoisotopic (exact) mass is 423 g/mol. The van der Waals surface area contributed by atoms with Gasteiger partial charge in [-0.25, -0.2) is 0 Å². The smallest absolute Gasteiger partial charge is 0.312 e. The molecule has 1 spiro atoms. The van der Waals surface area contributed by atoms with Gasteiger partial charge in [0.1, 0.15) is 6.10 Å². The quantitative estimate of drug-likeness (QED) is 0.763. The van der Waals surface area contributed by atoms with E-state index in [1.807, 2.05) is 29.2 Å². The Morgan fingerprint density at radius 3 is 2.65 bits per heavy atom. The third kappa shape index (κ3) is 3.92. The van der Waals surface area contributed by atoms with Gasteiger partial charge in [-0.15, -0.1) is 0 Å². The summed E-state index contributed by atoms with van der Waals surface area (Å²) in [7, 11) is 0. The first-order chi connectivity index (χ1) is 15.0. The van der Waals surface area contributed by atoms with Crippen LogP contribution in [0, 0.1) is 5.41 Å². The van der Waals surface area contributed by atoms with Gasteiger partial charge in [0.25, 0.3) is 5.91 Å². The van der Waals surface area contributed by atoms with E-state index in [1.54, 1.807) is 12.4 Å². The van der Waals surface area contributed by atoms with Crippen LogP contribution in [0.25, 0.3) is 10.8 Å². The fourth-order valence-corrected chi connectivity index (χ4v) is 5.33. The number of carbonyl (C=O) groups is 2. The second-order valence-corrected chi connectivity index (χ2v) is 9.24. The van der Waals surface area contributed by atoms with Gasteiger partial charge < -0.3 is 14.7 Å². The van der Waals surface area contributed by atoms with Crippen molar-refractivity contribution in [3.8, 4) is 0 Å². The van der Waals surface area contributed by atoms with E-state index in [0.29, 0.717) is 31.5 Å². The molecule has 2 aromatic rings. The number of ether oxygens (including phenoxy) is 1.